The highest BCUT2D eigenvalue weighted by atomic mass is 127. The van der Waals surface area contributed by atoms with Crippen LogP contribution in [0.5, 0.6) is 5.75 Å². The van der Waals surface area contributed by atoms with Crippen molar-refractivity contribution in [1.29, 1.82) is 0 Å². The van der Waals surface area contributed by atoms with Crippen LogP contribution in [0.3, 0.4) is 0 Å². The summed E-state index contributed by atoms with van der Waals surface area (Å²) < 4.78 is 12.3. The molecule has 0 aromatic heterocycles. The van der Waals surface area contributed by atoms with E-state index in [0.29, 0.717) is 18.9 Å². The van der Waals surface area contributed by atoms with Crippen LogP contribution >= 0.6 is 22.6 Å². The highest BCUT2D eigenvalue weighted by Crippen LogP contribution is 2.19. The van der Waals surface area contributed by atoms with E-state index in [4.69, 9.17) is 15.2 Å². The van der Waals surface area contributed by atoms with E-state index in [9.17, 15) is 0 Å². The number of unbranched alkanes of at least 4 members (excludes halogenated alkanes) is 3. The van der Waals surface area contributed by atoms with Crippen molar-refractivity contribution in [2.24, 2.45) is 0 Å². The first kappa shape index (κ1) is 15.6. The Kier molecular flexibility index (Phi) is 9.02. The lowest BCUT2D eigenvalue weighted by Gasteiger charge is -2.08. The highest BCUT2D eigenvalue weighted by Gasteiger charge is 1.97. The maximum Gasteiger partial charge on any atom is 0.142 e. The van der Waals surface area contributed by atoms with Gasteiger partial charge in [0.25, 0.3) is 0 Å². The van der Waals surface area contributed by atoms with Crippen LogP contribution in [0, 0.1) is 0 Å². The normalized spacial score (nSPS) is 10.5. The largest absolute Gasteiger partial charge is 0.489 e. The van der Waals surface area contributed by atoms with E-state index in [-0.39, 0.29) is 0 Å². The molecule has 0 amide bonds. The van der Waals surface area contributed by atoms with Crippen LogP contribution in [0.25, 0.3) is 0 Å². The SMILES string of the molecule is Nc1ccccc1OCCOCCCCCCI. The number of hydrogen-bond acceptors (Lipinski definition) is 3. The van der Waals surface area contributed by atoms with Crippen LogP contribution in [0.1, 0.15) is 25.7 Å². The maximum atomic E-state index is 5.76. The lowest BCUT2D eigenvalue weighted by Crippen LogP contribution is -2.08. The Balaban J connectivity index is 1.94. The highest BCUT2D eigenvalue weighted by molar-refractivity contribution is 14.1. The molecule has 0 aliphatic heterocycles. The summed E-state index contributed by atoms with van der Waals surface area (Å²) >= 11 is 2.42. The predicted molar refractivity (Wildman–Crippen MR) is 84.5 cm³/mol. The standard InChI is InChI=1S/C14H22INO2/c15-9-5-1-2-6-10-17-11-12-18-14-8-4-3-7-13(14)16/h3-4,7-8H,1-2,5-6,9-12,16H2. The first-order chi connectivity index (χ1) is 8.84. The average molecular weight is 363 g/mol. The summed E-state index contributed by atoms with van der Waals surface area (Å²) in [4.78, 5) is 0. The van der Waals surface area contributed by atoms with Crippen LogP contribution < -0.4 is 10.5 Å². The number of alkyl halides is 1. The first-order valence-electron chi connectivity index (χ1n) is 6.45. The van der Waals surface area contributed by atoms with Crippen molar-refractivity contribution < 1.29 is 9.47 Å². The number of ether oxygens (including phenoxy) is 2. The van der Waals surface area contributed by atoms with Crippen molar-refractivity contribution in [2.75, 3.05) is 30.0 Å². The summed E-state index contributed by atoms with van der Waals surface area (Å²) in [5.41, 5.74) is 6.44. The number of para-hydroxylation sites is 2. The molecule has 102 valence electrons. The van der Waals surface area contributed by atoms with Crippen LogP contribution in [0.15, 0.2) is 24.3 Å². The van der Waals surface area contributed by atoms with Crippen molar-refractivity contribution in [3.63, 3.8) is 0 Å². The number of rotatable bonds is 10. The van der Waals surface area contributed by atoms with Gasteiger partial charge in [-0.1, -0.05) is 47.6 Å². The molecule has 1 rings (SSSR count). The first-order valence-corrected chi connectivity index (χ1v) is 7.98. The maximum absolute atomic E-state index is 5.76. The van der Waals surface area contributed by atoms with E-state index in [0.717, 1.165) is 18.8 Å². The van der Waals surface area contributed by atoms with Crippen molar-refractivity contribution in [2.45, 2.75) is 25.7 Å². The van der Waals surface area contributed by atoms with Gasteiger partial charge in [-0.05, 0) is 29.4 Å². The summed E-state index contributed by atoms with van der Waals surface area (Å²) in [7, 11) is 0. The van der Waals surface area contributed by atoms with E-state index in [1.165, 1.54) is 23.7 Å². The summed E-state index contributed by atoms with van der Waals surface area (Å²) in [5.74, 6) is 0.739. The number of halogens is 1. The third-order valence-electron chi connectivity index (χ3n) is 2.58. The van der Waals surface area contributed by atoms with Gasteiger partial charge in [0.1, 0.15) is 12.4 Å². The fraction of sp³-hybridized carbons (Fsp3) is 0.571. The van der Waals surface area contributed by atoms with Gasteiger partial charge in [0.2, 0.25) is 0 Å². The van der Waals surface area contributed by atoms with Gasteiger partial charge in [-0.3, -0.25) is 0 Å². The van der Waals surface area contributed by atoms with Crippen molar-refractivity contribution in [3.8, 4) is 5.75 Å². The Labute approximate surface area is 123 Å². The monoisotopic (exact) mass is 363 g/mol. The fourth-order valence-corrected chi connectivity index (χ4v) is 2.12. The average Bonchev–Trinajstić information content (AvgIpc) is 2.39. The molecule has 0 radical (unpaired) electrons. The van der Waals surface area contributed by atoms with Crippen molar-refractivity contribution in [3.05, 3.63) is 24.3 Å². The molecule has 0 fully saturated rings. The molecule has 18 heavy (non-hydrogen) atoms. The van der Waals surface area contributed by atoms with Crippen LogP contribution in [-0.2, 0) is 4.74 Å². The van der Waals surface area contributed by atoms with Gasteiger partial charge in [0.05, 0.1) is 12.3 Å². The topological polar surface area (TPSA) is 44.5 Å². The molecule has 0 bridgehead atoms. The second-order valence-corrected chi connectivity index (χ2v) is 5.18. The van der Waals surface area contributed by atoms with E-state index in [1.807, 2.05) is 24.3 Å². The molecule has 0 aliphatic carbocycles. The zero-order valence-electron chi connectivity index (χ0n) is 10.7. The van der Waals surface area contributed by atoms with E-state index >= 15 is 0 Å². The van der Waals surface area contributed by atoms with E-state index in [1.54, 1.807) is 0 Å². The molecule has 1 aromatic carbocycles. The second kappa shape index (κ2) is 10.4. The molecule has 4 heteroatoms. The number of nitrogens with two attached hydrogens (primary N) is 1. The molecule has 3 nitrogen and oxygen atoms in total. The quantitative estimate of drug-likeness (QED) is 0.299. The molecule has 0 unspecified atom stereocenters. The number of hydrogen-bond donors (Lipinski definition) is 1. The van der Waals surface area contributed by atoms with Gasteiger partial charge in [-0.2, -0.15) is 0 Å². The van der Waals surface area contributed by atoms with Gasteiger partial charge >= 0.3 is 0 Å². The van der Waals surface area contributed by atoms with Crippen molar-refractivity contribution in [1.82, 2.24) is 0 Å². The third kappa shape index (κ3) is 7.06. The molecule has 0 saturated heterocycles. The molecule has 0 saturated carbocycles. The molecule has 2 N–H and O–H groups in total. The molecule has 0 spiro atoms. The van der Waals surface area contributed by atoms with Gasteiger partial charge in [-0.25, -0.2) is 0 Å². The van der Waals surface area contributed by atoms with Crippen LogP contribution in [0.2, 0.25) is 0 Å². The Bertz CT molecular complexity index is 320. The minimum absolute atomic E-state index is 0.558. The summed E-state index contributed by atoms with van der Waals surface area (Å²) in [6.07, 6.45) is 5.03. The minimum Gasteiger partial charge on any atom is -0.489 e. The van der Waals surface area contributed by atoms with Gasteiger partial charge in [-0.15, -0.1) is 0 Å². The smallest absolute Gasteiger partial charge is 0.142 e. The van der Waals surface area contributed by atoms with Gasteiger partial charge < -0.3 is 15.2 Å². The zero-order chi connectivity index (χ0) is 13.1. The molecular formula is C14H22INO2. The lowest BCUT2D eigenvalue weighted by molar-refractivity contribution is 0.0974. The van der Waals surface area contributed by atoms with Crippen LogP contribution in [-0.4, -0.2) is 24.2 Å². The minimum atomic E-state index is 0.558. The zero-order valence-corrected chi connectivity index (χ0v) is 12.9. The molecule has 1 aromatic rings. The van der Waals surface area contributed by atoms with E-state index < -0.39 is 0 Å². The molecule has 0 atom stereocenters. The Morgan fingerprint density at radius 1 is 0.944 bits per heavy atom. The van der Waals surface area contributed by atoms with Gasteiger partial charge in [0.15, 0.2) is 0 Å². The molecule has 0 heterocycles. The third-order valence-corrected chi connectivity index (χ3v) is 3.34. The Morgan fingerprint density at radius 3 is 2.50 bits per heavy atom. The fourth-order valence-electron chi connectivity index (χ4n) is 1.58. The second-order valence-electron chi connectivity index (χ2n) is 4.10. The number of anilines is 1. The molecule has 0 aliphatic rings. The summed E-state index contributed by atoms with van der Waals surface area (Å²) in [5, 5.41) is 0. The van der Waals surface area contributed by atoms with Crippen LogP contribution in [0.4, 0.5) is 5.69 Å². The Hall–Kier alpha value is -0.490. The number of nitrogen functional groups attached to an aromatic ring is 1. The number of benzene rings is 1. The van der Waals surface area contributed by atoms with Crippen molar-refractivity contribution >= 4 is 28.3 Å². The summed E-state index contributed by atoms with van der Waals surface area (Å²) in [6, 6.07) is 7.52. The Morgan fingerprint density at radius 2 is 1.72 bits per heavy atom. The van der Waals surface area contributed by atoms with Gasteiger partial charge in [0, 0.05) is 6.61 Å². The lowest BCUT2D eigenvalue weighted by atomic mass is 10.2. The molecular weight excluding hydrogens is 341 g/mol. The predicted octanol–water partition coefficient (Wildman–Crippen LogP) is 3.66. The van der Waals surface area contributed by atoms with E-state index in [2.05, 4.69) is 22.6 Å². The summed E-state index contributed by atoms with van der Waals surface area (Å²) in [6.45, 7) is 2.01.